The predicted octanol–water partition coefficient (Wildman–Crippen LogP) is 2.18. The van der Waals surface area contributed by atoms with E-state index in [0.29, 0.717) is 15.7 Å². The maximum Gasteiger partial charge on any atom is 0.229 e. The van der Waals surface area contributed by atoms with Crippen molar-refractivity contribution in [3.8, 4) is 6.07 Å². The molecule has 1 atom stereocenters. The second-order valence-electron chi connectivity index (χ2n) is 3.76. The quantitative estimate of drug-likeness (QED) is 0.835. The van der Waals surface area contributed by atoms with Gasteiger partial charge in [0.2, 0.25) is 5.91 Å². The molecule has 0 aromatic heterocycles. The molecule has 6 heteroatoms. The normalized spacial score (nSPS) is 19.5. The number of hydrogen-bond donors (Lipinski definition) is 1. The number of β-amino-alcohol motifs (C(OH)–C–C–N with tert-alkyl or cyclic N) is 1. The summed E-state index contributed by atoms with van der Waals surface area (Å²) in [6, 6.07) is 5.48. The Labute approximate surface area is 115 Å². The maximum absolute atomic E-state index is 11.7. The number of benzene rings is 1. The molecule has 1 saturated heterocycles. The first-order valence-corrected chi connectivity index (χ1v) is 6.49. The van der Waals surface area contributed by atoms with Crippen LogP contribution in [-0.2, 0) is 4.79 Å². The molecule has 0 saturated carbocycles. The van der Waals surface area contributed by atoms with Crippen molar-refractivity contribution in [2.45, 2.75) is 12.5 Å². The summed E-state index contributed by atoms with van der Waals surface area (Å²) in [6.07, 6.45) is -0.558. The predicted molar refractivity (Wildman–Crippen MR) is 69.5 cm³/mol. The number of amides is 1. The van der Waals surface area contributed by atoms with Crippen LogP contribution in [0.25, 0.3) is 0 Å². The van der Waals surface area contributed by atoms with Crippen LogP contribution >= 0.6 is 31.9 Å². The van der Waals surface area contributed by atoms with Crippen molar-refractivity contribution in [1.29, 1.82) is 5.26 Å². The van der Waals surface area contributed by atoms with E-state index in [0.717, 1.165) is 4.47 Å². The zero-order valence-electron chi connectivity index (χ0n) is 8.65. The van der Waals surface area contributed by atoms with Gasteiger partial charge in [0.05, 0.1) is 30.3 Å². The van der Waals surface area contributed by atoms with Crippen LogP contribution in [0.3, 0.4) is 0 Å². The van der Waals surface area contributed by atoms with Crippen molar-refractivity contribution >= 4 is 43.5 Å². The van der Waals surface area contributed by atoms with Gasteiger partial charge in [0, 0.05) is 8.95 Å². The number of hydrogen-bond acceptors (Lipinski definition) is 3. The lowest BCUT2D eigenvalue weighted by Crippen LogP contribution is -2.26. The van der Waals surface area contributed by atoms with Gasteiger partial charge in [-0.2, -0.15) is 5.26 Å². The van der Waals surface area contributed by atoms with E-state index in [1.54, 1.807) is 12.1 Å². The number of anilines is 1. The molecule has 1 unspecified atom stereocenters. The monoisotopic (exact) mass is 358 g/mol. The molecule has 0 radical (unpaired) electrons. The number of aliphatic hydroxyl groups is 1. The van der Waals surface area contributed by atoms with Crippen LogP contribution in [-0.4, -0.2) is 23.7 Å². The van der Waals surface area contributed by atoms with Gasteiger partial charge in [-0.05, 0) is 28.1 Å². The molecule has 1 aromatic carbocycles. The Kier molecular flexibility index (Phi) is 3.52. The zero-order chi connectivity index (χ0) is 12.6. The number of rotatable bonds is 1. The van der Waals surface area contributed by atoms with Gasteiger partial charge in [0.25, 0.3) is 0 Å². The zero-order valence-corrected chi connectivity index (χ0v) is 11.8. The maximum atomic E-state index is 11.7. The fourth-order valence-corrected chi connectivity index (χ4v) is 3.27. The van der Waals surface area contributed by atoms with Crippen LogP contribution in [0.15, 0.2) is 21.1 Å². The molecule has 17 heavy (non-hydrogen) atoms. The van der Waals surface area contributed by atoms with Gasteiger partial charge in [-0.15, -0.1) is 0 Å². The lowest BCUT2D eigenvalue weighted by Gasteiger charge is -2.19. The summed E-state index contributed by atoms with van der Waals surface area (Å²) in [7, 11) is 0. The Hall–Kier alpha value is -0.900. The third kappa shape index (κ3) is 2.37. The molecule has 1 fully saturated rings. The van der Waals surface area contributed by atoms with Gasteiger partial charge >= 0.3 is 0 Å². The SMILES string of the molecule is N#Cc1cc(Br)cc(Br)c1N1CC(O)CC1=O. The lowest BCUT2D eigenvalue weighted by atomic mass is 10.2. The topological polar surface area (TPSA) is 64.3 Å². The molecule has 1 aromatic rings. The highest BCUT2D eigenvalue weighted by molar-refractivity contribution is 9.11. The summed E-state index contributed by atoms with van der Waals surface area (Å²) >= 11 is 6.63. The van der Waals surface area contributed by atoms with Crippen LogP contribution in [0.1, 0.15) is 12.0 Å². The number of carbonyl (C=O) groups is 1. The number of halogens is 2. The van der Waals surface area contributed by atoms with Crippen LogP contribution in [0.4, 0.5) is 5.69 Å². The van der Waals surface area contributed by atoms with Gasteiger partial charge in [-0.3, -0.25) is 4.79 Å². The Balaban J connectivity index is 2.52. The number of aliphatic hydroxyl groups excluding tert-OH is 1. The van der Waals surface area contributed by atoms with E-state index in [1.165, 1.54) is 4.90 Å². The minimum atomic E-state index is -0.662. The number of nitrogens with zero attached hydrogens (tertiary/aromatic N) is 2. The summed E-state index contributed by atoms with van der Waals surface area (Å²) in [5.74, 6) is -0.169. The summed E-state index contributed by atoms with van der Waals surface area (Å²) in [6.45, 7) is 0.230. The highest BCUT2D eigenvalue weighted by Crippen LogP contribution is 2.35. The highest BCUT2D eigenvalue weighted by atomic mass is 79.9. The molecular weight excluding hydrogens is 352 g/mol. The summed E-state index contributed by atoms with van der Waals surface area (Å²) in [4.78, 5) is 13.2. The van der Waals surface area contributed by atoms with Gasteiger partial charge in [0.15, 0.2) is 0 Å². The first-order chi connectivity index (χ1) is 8.02. The van der Waals surface area contributed by atoms with Crippen LogP contribution in [0.5, 0.6) is 0 Å². The van der Waals surface area contributed by atoms with Gasteiger partial charge in [-0.1, -0.05) is 15.9 Å². The fraction of sp³-hybridized carbons (Fsp3) is 0.273. The fourth-order valence-electron chi connectivity index (χ4n) is 1.83. The first kappa shape index (κ1) is 12.6. The van der Waals surface area contributed by atoms with Crippen LogP contribution in [0.2, 0.25) is 0 Å². The standard InChI is InChI=1S/C11H8Br2N2O2/c12-7-1-6(4-14)11(9(13)2-7)15-5-8(16)3-10(15)17/h1-2,8,16H,3,5H2. The summed E-state index contributed by atoms with van der Waals surface area (Å²) < 4.78 is 1.42. The van der Waals surface area contributed by atoms with E-state index in [-0.39, 0.29) is 18.9 Å². The van der Waals surface area contributed by atoms with Crippen LogP contribution < -0.4 is 4.90 Å². The third-order valence-electron chi connectivity index (χ3n) is 2.52. The van der Waals surface area contributed by atoms with Gasteiger partial charge < -0.3 is 10.0 Å². The molecule has 4 nitrogen and oxygen atoms in total. The average Bonchev–Trinajstić information content (AvgIpc) is 2.56. The minimum absolute atomic E-state index is 0.105. The Bertz CT molecular complexity index is 525. The highest BCUT2D eigenvalue weighted by Gasteiger charge is 2.31. The van der Waals surface area contributed by atoms with Crippen molar-refractivity contribution < 1.29 is 9.90 Å². The molecule has 1 heterocycles. The molecule has 0 bridgehead atoms. The Morgan fingerprint density at radius 3 is 2.71 bits per heavy atom. The molecule has 1 aliphatic heterocycles. The third-order valence-corrected chi connectivity index (χ3v) is 3.59. The van der Waals surface area contributed by atoms with E-state index in [4.69, 9.17) is 5.26 Å². The molecule has 2 rings (SSSR count). The van der Waals surface area contributed by atoms with Gasteiger partial charge in [-0.25, -0.2) is 0 Å². The molecular formula is C11H8Br2N2O2. The van der Waals surface area contributed by atoms with Crippen molar-refractivity contribution in [3.05, 3.63) is 26.6 Å². The van der Waals surface area contributed by atoms with Crippen LogP contribution in [0, 0.1) is 11.3 Å². The molecule has 1 aliphatic rings. The largest absolute Gasteiger partial charge is 0.391 e. The smallest absolute Gasteiger partial charge is 0.229 e. The van der Waals surface area contributed by atoms with Gasteiger partial charge in [0.1, 0.15) is 6.07 Å². The van der Waals surface area contributed by atoms with Crippen molar-refractivity contribution in [3.63, 3.8) is 0 Å². The second-order valence-corrected chi connectivity index (χ2v) is 5.53. The first-order valence-electron chi connectivity index (χ1n) is 4.90. The summed E-state index contributed by atoms with van der Waals surface area (Å²) in [5, 5.41) is 18.6. The number of carbonyl (C=O) groups excluding carboxylic acids is 1. The van der Waals surface area contributed by atoms with E-state index < -0.39 is 6.10 Å². The molecule has 0 aliphatic carbocycles. The van der Waals surface area contributed by atoms with E-state index in [9.17, 15) is 9.90 Å². The van der Waals surface area contributed by atoms with Crippen molar-refractivity contribution in [2.24, 2.45) is 0 Å². The second kappa shape index (κ2) is 4.77. The Morgan fingerprint density at radius 2 is 2.18 bits per heavy atom. The molecule has 1 amide bonds. The van der Waals surface area contributed by atoms with E-state index >= 15 is 0 Å². The Morgan fingerprint density at radius 1 is 1.47 bits per heavy atom. The lowest BCUT2D eigenvalue weighted by molar-refractivity contribution is -0.117. The average molecular weight is 360 g/mol. The number of nitriles is 1. The van der Waals surface area contributed by atoms with E-state index in [1.807, 2.05) is 0 Å². The molecule has 0 spiro atoms. The molecule has 1 N–H and O–H groups in total. The minimum Gasteiger partial charge on any atom is -0.391 e. The van der Waals surface area contributed by atoms with E-state index in [2.05, 4.69) is 37.9 Å². The van der Waals surface area contributed by atoms with Crippen molar-refractivity contribution in [2.75, 3.05) is 11.4 Å². The summed E-state index contributed by atoms with van der Waals surface area (Å²) in [5.41, 5.74) is 0.922. The van der Waals surface area contributed by atoms with Crippen molar-refractivity contribution in [1.82, 2.24) is 0 Å². The molecule has 88 valence electrons.